The van der Waals surface area contributed by atoms with Crippen molar-refractivity contribution in [2.24, 2.45) is 10.9 Å². The first-order valence-electron chi connectivity index (χ1n) is 10.3. The Kier molecular flexibility index (Phi) is 14.5. The minimum Gasteiger partial charge on any atom is -0.381 e. The van der Waals surface area contributed by atoms with Crippen molar-refractivity contribution in [3.05, 3.63) is 0 Å². The maximum Gasteiger partial charge on any atom is 0.191 e. The molecular weight excluding hydrogens is 459 g/mol. The smallest absolute Gasteiger partial charge is 0.191 e. The maximum absolute atomic E-state index is 5.64. The SMILES string of the molecule is CCCCOCCCNC(=NC)NCC(C1CCOC1)N1CCOCC1.I. The molecule has 0 aliphatic carbocycles. The summed E-state index contributed by atoms with van der Waals surface area (Å²) in [4.78, 5) is 6.90. The molecule has 27 heavy (non-hydrogen) atoms. The van der Waals surface area contributed by atoms with Gasteiger partial charge in [-0.15, -0.1) is 24.0 Å². The van der Waals surface area contributed by atoms with E-state index in [9.17, 15) is 0 Å². The molecule has 0 radical (unpaired) electrons. The van der Waals surface area contributed by atoms with Gasteiger partial charge in [-0.3, -0.25) is 9.89 Å². The molecule has 0 aromatic heterocycles. The molecule has 0 saturated carbocycles. The van der Waals surface area contributed by atoms with Crippen molar-refractivity contribution in [1.82, 2.24) is 15.5 Å². The van der Waals surface area contributed by atoms with E-state index in [4.69, 9.17) is 14.2 Å². The Morgan fingerprint density at radius 1 is 1.15 bits per heavy atom. The van der Waals surface area contributed by atoms with E-state index < -0.39 is 0 Å². The van der Waals surface area contributed by atoms with Gasteiger partial charge in [0, 0.05) is 65.0 Å². The summed E-state index contributed by atoms with van der Waals surface area (Å²) in [7, 11) is 1.83. The second-order valence-corrected chi connectivity index (χ2v) is 7.04. The summed E-state index contributed by atoms with van der Waals surface area (Å²) in [6.07, 6.45) is 4.47. The monoisotopic (exact) mass is 498 g/mol. The lowest BCUT2D eigenvalue weighted by Gasteiger charge is -2.37. The second kappa shape index (κ2) is 15.7. The predicted octanol–water partition coefficient (Wildman–Crippen LogP) is 1.71. The van der Waals surface area contributed by atoms with Gasteiger partial charge in [0.2, 0.25) is 0 Å². The van der Waals surface area contributed by atoms with Crippen molar-refractivity contribution in [3.8, 4) is 0 Å². The van der Waals surface area contributed by atoms with Crippen molar-refractivity contribution in [1.29, 1.82) is 0 Å². The molecule has 160 valence electrons. The average molecular weight is 498 g/mol. The number of hydrogen-bond donors (Lipinski definition) is 2. The molecule has 0 spiro atoms. The largest absolute Gasteiger partial charge is 0.381 e. The van der Waals surface area contributed by atoms with E-state index in [2.05, 4.69) is 27.4 Å². The van der Waals surface area contributed by atoms with Crippen molar-refractivity contribution in [3.63, 3.8) is 0 Å². The van der Waals surface area contributed by atoms with Crippen LogP contribution >= 0.6 is 24.0 Å². The standard InChI is InChI=1S/C19H38N4O3.HI/c1-3-4-10-24-11-5-7-21-19(20-2)22-15-18(17-6-12-26-16-17)23-8-13-25-14-9-23;/h17-18H,3-16H2,1-2H3,(H2,20,21,22);1H. The molecule has 7 nitrogen and oxygen atoms in total. The van der Waals surface area contributed by atoms with E-state index in [0.717, 1.165) is 91.0 Å². The summed E-state index contributed by atoms with van der Waals surface area (Å²) >= 11 is 0. The van der Waals surface area contributed by atoms with E-state index in [1.807, 2.05) is 7.05 Å². The molecule has 0 bridgehead atoms. The summed E-state index contributed by atoms with van der Waals surface area (Å²) in [5.74, 6) is 1.46. The van der Waals surface area contributed by atoms with Gasteiger partial charge in [0.1, 0.15) is 0 Å². The molecule has 0 aromatic rings. The van der Waals surface area contributed by atoms with Crippen LogP contribution in [0.1, 0.15) is 32.6 Å². The highest BCUT2D eigenvalue weighted by atomic mass is 127. The highest BCUT2D eigenvalue weighted by Gasteiger charge is 2.31. The van der Waals surface area contributed by atoms with Gasteiger partial charge >= 0.3 is 0 Å². The van der Waals surface area contributed by atoms with Crippen molar-refractivity contribution < 1.29 is 14.2 Å². The molecule has 2 N–H and O–H groups in total. The van der Waals surface area contributed by atoms with Gasteiger partial charge in [-0.25, -0.2) is 0 Å². The molecule has 2 unspecified atom stereocenters. The first kappa shape index (κ1) is 24.9. The lowest BCUT2D eigenvalue weighted by atomic mass is 9.97. The normalized spacial score (nSPS) is 22.3. The summed E-state index contributed by atoms with van der Waals surface area (Å²) in [6.45, 7) is 11.0. The van der Waals surface area contributed by atoms with Crippen LogP contribution in [-0.4, -0.2) is 89.8 Å². The Labute approximate surface area is 182 Å². The molecule has 2 rings (SSSR count). The van der Waals surface area contributed by atoms with Crippen LogP contribution in [0.4, 0.5) is 0 Å². The van der Waals surface area contributed by atoms with E-state index in [1.165, 1.54) is 6.42 Å². The number of morpholine rings is 1. The Morgan fingerprint density at radius 3 is 2.59 bits per heavy atom. The fraction of sp³-hybridized carbons (Fsp3) is 0.947. The van der Waals surface area contributed by atoms with Gasteiger partial charge in [-0.05, 0) is 19.3 Å². The van der Waals surface area contributed by atoms with Gasteiger partial charge < -0.3 is 24.8 Å². The Morgan fingerprint density at radius 2 is 1.93 bits per heavy atom. The summed E-state index contributed by atoms with van der Waals surface area (Å²) < 4.78 is 16.8. The zero-order valence-electron chi connectivity index (χ0n) is 17.1. The summed E-state index contributed by atoms with van der Waals surface area (Å²) in [5.41, 5.74) is 0. The molecule has 2 atom stereocenters. The zero-order chi connectivity index (χ0) is 18.5. The number of nitrogens with one attached hydrogen (secondary N) is 2. The molecule has 2 aliphatic heterocycles. The minimum absolute atomic E-state index is 0. The molecule has 2 fully saturated rings. The number of unbranched alkanes of at least 4 members (excludes halogenated alkanes) is 1. The van der Waals surface area contributed by atoms with Gasteiger partial charge in [0.25, 0.3) is 0 Å². The molecule has 2 aliphatic rings. The number of halogens is 1. The summed E-state index contributed by atoms with van der Waals surface area (Å²) in [6, 6.07) is 0.470. The fourth-order valence-corrected chi connectivity index (χ4v) is 3.51. The molecule has 8 heteroatoms. The minimum atomic E-state index is 0. The van der Waals surface area contributed by atoms with Crippen LogP contribution in [0.25, 0.3) is 0 Å². The molecule has 2 heterocycles. The lowest BCUT2D eigenvalue weighted by Crippen LogP contribution is -2.53. The van der Waals surface area contributed by atoms with Crippen LogP contribution in [0.2, 0.25) is 0 Å². The molecular formula is C19H39IN4O3. The maximum atomic E-state index is 5.64. The molecule has 0 amide bonds. The number of aliphatic imine (C=N–C) groups is 1. The van der Waals surface area contributed by atoms with Crippen molar-refractivity contribution in [2.75, 3.05) is 72.9 Å². The number of hydrogen-bond acceptors (Lipinski definition) is 5. The quantitative estimate of drug-likeness (QED) is 0.196. The number of nitrogens with zero attached hydrogens (tertiary/aromatic N) is 2. The topological polar surface area (TPSA) is 67.3 Å². The van der Waals surface area contributed by atoms with E-state index in [0.29, 0.717) is 12.0 Å². The second-order valence-electron chi connectivity index (χ2n) is 7.04. The fourth-order valence-electron chi connectivity index (χ4n) is 3.51. The number of guanidine groups is 1. The van der Waals surface area contributed by atoms with E-state index in [1.54, 1.807) is 0 Å². The zero-order valence-corrected chi connectivity index (χ0v) is 19.4. The first-order chi connectivity index (χ1) is 12.8. The number of ether oxygens (including phenoxy) is 3. The first-order valence-corrected chi connectivity index (χ1v) is 10.3. The Hall–Kier alpha value is -0.160. The van der Waals surface area contributed by atoms with E-state index in [-0.39, 0.29) is 24.0 Å². The highest BCUT2D eigenvalue weighted by molar-refractivity contribution is 14.0. The third-order valence-corrected chi connectivity index (χ3v) is 5.13. The van der Waals surface area contributed by atoms with Crippen LogP contribution in [-0.2, 0) is 14.2 Å². The lowest BCUT2D eigenvalue weighted by molar-refractivity contribution is 0.00246. The van der Waals surface area contributed by atoms with Crippen LogP contribution in [0.15, 0.2) is 4.99 Å². The Bertz CT molecular complexity index is 389. The van der Waals surface area contributed by atoms with Gasteiger partial charge in [-0.1, -0.05) is 13.3 Å². The van der Waals surface area contributed by atoms with Crippen LogP contribution in [0.5, 0.6) is 0 Å². The Balaban J connectivity index is 0.00000364. The average Bonchev–Trinajstić information content (AvgIpc) is 3.21. The number of rotatable bonds is 11. The predicted molar refractivity (Wildman–Crippen MR) is 120 cm³/mol. The van der Waals surface area contributed by atoms with E-state index >= 15 is 0 Å². The van der Waals surface area contributed by atoms with Crippen LogP contribution < -0.4 is 10.6 Å². The third kappa shape index (κ3) is 9.74. The molecule has 0 aromatic carbocycles. The van der Waals surface area contributed by atoms with Crippen LogP contribution in [0, 0.1) is 5.92 Å². The molecule has 2 saturated heterocycles. The van der Waals surface area contributed by atoms with Crippen LogP contribution in [0.3, 0.4) is 0 Å². The highest BCUT2D eigenvalue weighted by Crippen LogP contribution is 2.21. The summed E-state index contributed by atoms with van der Waals surface area (Å²) in [5, 5.41) is 6.91. The van der Waals surface area contributed by atoms with Gasteiger partial charge in [-0.2, -0.15) is 0 Å². The van der Waals surface area contributed by atoms with Crippen molar-refractivity contribution >= 4 is 29.9 Å². The van der Waals surface area contributed by atoms with Gasteiger partial charge in [0.15, 0.2) is 5.96 Å². The third-order valence-electron chi connectivity index (χ3n) is 5.13. The van der Waals surface area contributed by atoms with Gasteiger partial charge in [0.05, 0.1) is 19.8 Å². The van der Waals surface area contributed by atoms with Crippen molar-refractivity contribution in [2.45, 2.75) is 38.6 Å².